The predicted octanol–water partition coefficient (Wildman–Crippen LogP) is 2.94. The largest absolute Gasteiger partial charge is 0.350 e. The number of nitrogens with two attached hydrogens (primary N) is 1. The van der Waals surface area contributed by atoms with Gasteiger partial charge in [0.2, 0.25) is 0 Å². The third kappa shape index (κ3) is 2.61. The minimum atomic E-state index is 0.138. The highest BCUT2D eigenvalue weighted by atomic mass is 15.0. The van der Waals surface area contributed by atoms with Crippen molar-refractivity contribution in [3.05, 3.63) is 24.0 Å². The van der Waals surface area contributed by atoms with Crippen LogP contribution in [-0.2, 0) is 6.54 Å². The van der Waals surface area contributed by atoms with Crippen LogP contribution in [0.1, 0.15) is 45.3 Å². The van der Waals surface area contributed by atoms with Crippen LogP contribution in [0.4, 0.5) is 0 Å². The second-order valence-electron chi connectivity index (χ2n) is 4.06. The first-order chi connectivity index (χ1) is 6.69. The average molecular weight is 194 g/mol. The predicted molar refractivity (Wildman–Crippen MR) is 61.1 cm³/mol. The molecule has 1 atom stereocenters. The second kappa shape index (κ2) is 5.20. The Bertz CT molecular complexity index is 259. The molecule has 1 rings (SSSR count). The highest BCUT2D eigenvalue weighted by Gasteiger charge is 2.09. The molecule has 0 radical (unpaired) electrons. The fraction of sp³-hybridized carbons (Fsp3) is 0.667. The van der Waals surface area contributed by atoms with Crippen LogP contribution < -0.4 is 5.73 Å². The van der Waals surface area contributed by atoms with Crippen LogP contribution in [0.25, 0.3) is 0 Å². The monoisotopic (exact) mass is 194 g/mol. The summed E-state index contributed by atoms with van der Waals surface area (Å²) in [5.74, 6) is 0.778. The van der Waals surface area contributed by atoms with E-state index in [9.17, 15) is 0 Å². The van der Waals surface area contributed by atoms with E-state index in [1.807, 2.05) is 6.92 Å². The molecule has 0 saturated heterocycles. The molecule has 0 fully saturated rings. The van der Waals surface area contributed by atoms with Gasteiger partial charge in [0.1, 0.15) is 0 Å². The summed E-state index contributed by atoms with van der Waals surface area (Å²) < 4.78 is 2.29. The number of rotatable bonds is 5. The van der Waals surface area contributed by atoms with Crippen molar-refractivity contribution in [2.24, 2.45) is 11.7 Å². The van der Waals surface area contributed by atoms with Gasteiger partial charge >= 0.3 is 0 Å². The van der Waals surface area contributed by atoms with Gasteiger partial charge in [-0.15, -0.1) is 0 Å². The third-order valence-electron chi connectivity index (χ3n) is 2.94. The van der Waals surface area contributed by atoms with Crippen molar-refractivity contribution < 1.29 is 0 Å². The molecule has 1 aromatic heterocycles. The molecule has 0 bridgehead atoms. The maximum atomic E-state index is 5.90. The van der Waals surface area contributed by atoms with Crippen molar-refractivity contribution in [2.75, 3.05) is 0 Å². The van der Waals surface area contributed by atoms with Gasteiger partial charge in [-0.1, -0.05) is 26.7 Å². The lowest BCUT2D eigenvalue weighted by molar-refractivity contribution is 0.409. The molecule has 0 aliphatic rings. The summed E-state index contributed by atoms with van der Waals surface area (Å²) in [7, 11) is 0. The van der Waals surface area contributed by atoms with Gasteiger partial charge in [0.25, 0.3) is 0 Å². The molecule has 0 aromatic carbocycles. The molecular weight excluding hydrogens is 172 g/mol. The van der Waals surface area contributed by atoms with Crippen molar-refractivity contribution in [3.63, 3.8) is 0 Å². The highest BCUT2D eigenvalue weighted by Crippen LogP contribution is 2.16. The highest BCUT2D eigenvalue weighted by molar-refractivity contribution is 5.10. The summed E-state index contributed by atoms with van der Waals surface area (Å²) >= 11 is 0. The van der Waals surface area contributed by atoms with E-state index in [2.05, 4.69) is 36.7 Å². The normalized spacial score (nSPS) is 13.5. The van der Waals surface area contributed by atoms with Gasteiger partial charge in [-0.2, -0.15) is 0 Å². The molecule has 1 aromatic rings. The van der Waals surface area contributed by atoms with E-state index in [0.717, 1.165) is 12.5 Å². The van der Waals surface area contributed by atoms with Gasteiger partial charge in [-0.25, -0.2) is 0 Å². The average Bonchev–Trinajstić information content (AvgIpc) is 2.62. The number of aromatic nitrogens is 1. The van der Waals surface area contributed by atoms with Gasteiger partial charge in [-0.05, 0) is 25.0 Å². The molecule has 80 valence electrons. The van der Waals surface area contributed by atoms with E-state index in [-0.39, 0.29) is 6.04 Å². The molecule has 0 spiro atoms. The smallest absolute Gasteiger partial charge is 0.0421 e. The van der Waals surface area contributed by atoms with Crippen LogP contribution in [0.5, 0.6) is 0 Å². The van der Waals surface area contributed by atoms with Crippen molar-refractivity contribution in [1.82, 2.24) is 4.57 Å². The van der Waals surface area contributed by atoms with Crippen molar-refractivity contribution in [3.8, 4) is 0 Å². The Morgan fingerprint density at radius 2 is 2.00 bits per heavy atom. The van der Waals surface area contributed by atoms with Crippen LogP contribution in [0.2, 0.25) is 0 Å². The first-order valence-corrected chi connectivity index (χ1v) is 5.59. The zero-order valence-corrected chi connectivity index (χ0v) is 9.53. The fourth-order valence-electron chi connectivity index (χ4n) is 1.83. The summed E-state index contributed by atoms with van der Waals surface area (Å²) in [6, 6.07) is 4.34. The topological polar surface area (TPSA) is 30.9 Å². The lowest BCUT2D eigenvalue weighted by atomic mass is 10.0. The van der Waals surface area contributed by atoms with E-state index in [0.29, 0.717) is 0 Å². The molecule has 2 nitrogen and oxygen atoms in total. The second-order valence-corrected chi connectivity index (χ2v) is 4.06. The van der Waals surface area contributed by atoms with Crippen LogP contribution in [0, 0.1) is 5.92 Å². The molecule has 0 saturated carbocycles. The number of nitrogens with zero attached hydrogens (tertiary/aromatic N) is 1. The van der Waals surface area contributed by atoms with E-state index >= 15 is 0 Å². The van der Waals surface area contributed by atoms with Gasteiger partial charge in [0.15, 0.2) is 0 Å². The number of hydrogen-bond donors (Lipinski definition) is 1. The Hall–Kier alpha value is -0.760. The van der Waals surface area contributed by atoms with Crippen molar-refractivity contribution in [2.45, 2.75) is 46.2 Å². The Morgan fingerprint density at radius 3 is 2.50 bits per heavy atom. The van der Waals surface area contributed by atoms with Crippen LogP contribution in [0.15, 0.2) is 18.3 Å². The molecule has 0 aliphatic carbocycles. The quantitative estimate of drug-likeness (QED) is 0.767. The van der Waals surface area contributed by atoms with Gasteiger partial charge < -0.3 is 10.3 Å². The molecule has 0 amide bonds. The van der Waals surface area contributed by atoms with Gasteiger partial charge in [0.05, 0.1) is 0 Å². The summed E-state index contributed by atoms with van der Waals surface area (Å²) in [6.45, 7) is 7.65. The minimum Gasteiger partial charge on any atom is -0.350 e. The summed E-state index contributed by atoms with van der Waals surface area (Å²) in [5.41, 5.74) is 7.14. The Balaban J connectivity index is 2.70. The summed E-state index contributed by atoms with van der Waals surface area (Å²) in [5, 5.41) is 0. The van der Waals surface area contributed by atoms with Crippen LogP contribution in [-0.4, -0.2) is 4.57 Å². The Labute approximate surface area is 87.1 Å². The van der Waals surface area contributed by atoms with Crippen molar-refractivity contribution in [1.29, 1.82) is 0 Å². The molecular formula is C12H22N2. The van der Waals surface area contributed by atoms with E-state index in [4.69, 9.17) is 5.73 Å². The standard InChI is InChI=1S/C12H22N2/c1-4-11(5-2)9-14-8-6-7-12(14)10(3)13/h6-8,10-11H,4-5,9,13H2,1-3H3. The summed E-state index contributed by atoms with van der Waals surface area (Å²) in [6.07, 6.45) is 4.62. The lowest BCUT2D eigenvalue weighted by Gasteiger charge is -2.17. The zero-order chi connectivity index (χ0) is 10.6. The number of hydrogen-bond acceptors (Lipinski definition) is 1. The maximum Gasteiger partial charge on any atom is 0.0421 e. The first-order valence-electron chi connectivity index (χ1n) is 5.59. The fourth-order valence-corrected chi connectivity index (χ4v) is 1.83. The molecule has 14 heavy (non-hydrogen) atoms. The van der Waals surface area contributed by atoms with Crippen molar-refractivity contribution >= 4 is 0 Å². The molecule has 1 unspecified atom stereocenters. The Kier molecular flexibility index (Phi) is 4.21. The van der Waals surface area contributed by atoms with E-state index in [1.54, 1.807) is 0 Å². The van der Waals surface area contributed by atoms with E-state index in [1.165, 1.54) is 18.5 Å². The van der Waals surface area contributed by atoms with Crippen LogP contribution in [0.3, 0.4) is 0 Å². The molecule has 2 heteroatoms. The molecule has 1 heterocycles. The maximum absolute atomic E-state index is 5.90. The lowest BCUT2D eigenvalue weighted by Crippen LogP contribution is -2.15. The first kappa shape index (κ1) is 11.3. The molecule has 2 N–H and O–H groups in total. The SMILES string of the molecule is CCC(CC)Cn1cccc1C(C)N. The van der Waals surface area contributed by atoms with Gasteiger partial charge in [0, 0.05) is 24.5 Å². The molecule has 0 aliphatic heterocycles. The minimum absolute atomic E-state index is 0.138. The Morgan fingerprint density at radius 1 is 1.36 bits per heavy atom. The zero-order valence-electron chi connectivity index (χ0n) is 9.53. The van der Waals surface area contributed by atoms with Gasteiger partial charge in [-0.3, -0.25) is 0 Å². The third-order valence-corrected chi connectivity index (χ3v) is 2.94. The van der Waals surface area contributed by atoms with Crippen LogP contribution >= 0.6 is 0 Å². The summed E-state index contributed by atoms with van der Waals surface area (Å²) in [4.78, 5) is 0. The van der Waals surface area contributed by atoms with E-state index < -0.39 is 0 Å².